The topological polar surface area (TPSA) is 53.7 Å². The second-order valence-electron chi connectivity index (χ2n) is 4.30. The SMILES string of the molecule is CCOc1cc(CCN)ccc1OCCCCOC. The zero-order valence-corrected chi connectivity index (χ0v) is 12.0. The zero-order valence-electron chi connectivity index (χ0n) is 12.0. The highest BCUT2D eigenvalue weighted by atomic mass is 16.5. The van der Waals surface area contributed by atoms with E-state index in [0.717, 1.165) is 37.4 Å². The monoisotopic (exact) mass is 267 g/mol. The number of hydrogen-bond donors (Lipinski definition) is 1. The van der Waals surface area contributed by atoms with Crippen molar-refractivity contribution in [3.63, 3.8) is 0 Å². The van der Waals surface area contributed by atoms with Crippen molar-refractivity contribution in [3.05, 3.63) is 23.8 Å². The van der Waals surface area contributed by atoms with Crippen molar-refractivity contribution < 1.29 is 14.2 Å². The van der Waals surface area contributed by atoms with E-state index in [-0.39, 0.29) is 0 Å². The second-order valence-corrected chi connectivity index (χ2v) is 4.30. The number of methoxy groups -OCH3 is 1. The first-order chi connectivity index (χ1) is 9.31. The molecule has 0 fully saturated rings. The van der Waals surface area contributed by atoms with Crippen LogP contribution in [0.1, 0.15) is 25.3 Å². The average Bonchev–Trinajstić information content (AvgIpc) is 2.41. The Hall–Kier alpha value is -1.26. The van der Waals surface area contributed by atoms with E-state index >= 15 is 0 Å². The van der Waals surface area contributed by atoms with Gasteiger partial charge in [0.05, 0.1) is 13.2 Å². The number of benzene rings is 1. The van der Waals surface area contributed by atoms with Gasteiger partial charge in [0.1, 0.15) is 0 Å². The van der Waals surface area contributed by atoms with Crippen molar-refractivity contribution in [2.45, 2.75) is 26.2 Å². The van der Waals surface area contributed by atoms with Gasteiger partial charge in [0.2, 0.25) is 0 Å². The fourth-order valence-corrected chi connectivity index (χ4v) is 1.79. The first-order valence-electron chi connectivity index (χ1n) is 6.89. The summed E-state index contributed by atoms with van der Waals surface area (Å²) < 4.78 is 16.4. The van der Waals surface area contributed by atoms with Crippen LogP contribution in [0, 0.1) is 0 Å². The van der Waals surface area contributed by atoms with Gasteiger partial charge in [-0.15, -0.1) is 0 Å². The Balaban J connectivity index is 2.54. The summed E-state index contributed by atoms with van der Waals surface area (Å²) in [6.45, 7) is 4.70. The van der Waals surface area contributed by atoms with E-state index in [0.29, 0.717) is 19.8 Å². The second kappa shape index (κ2) is 9.64. The van der Waals surface area contributed by atoms with Crippen LogP contribution in [0.5, 0.6) is 11.5 Å². The summed E-state index contributed by atoms with van der Waals surface area (Å²) in [5, 5.41) is 0. The van der Waals surface area contributed by atoms with Crippen molar-refractivity contribution in [2.75, 3.05) is 33.5 Å². The molecule has 1 rings (SSSR count). The van der Waals surface area contributed by atoms with Crippen molar-refractivity contribution in [3.8, 4) is 11.5 Å². The molecule has 0 radical (unpaired) electrons. The van der Waals surface area contributed by atoms with Crippen molar-refractivity contribution in [1.82, 2.24) is 0 Å². The molecule has 2 N–H and O–H groups in total. The van der Waals surface area contributed by atoms with Crippen molar-refractivity contribution in [1.29, 1.82) is 0 Å². The van der Waals surface area contributed by atoms with E-state index in [4.69, 9.17) is 19.9 Å². The van der Waals surface area contributed by atoms with E-state index in [1.54, 1.807) is 7.11 Å². The Morgan fingerprint density at radius 1 is 1.05 bits per heavy atom. The van der Waals surface area contributed by atoms with Gasteiger partial charge in [-0.2, -0.15) is 0 Å². The van der Waals surface area contributed by atoms with E-state index in [9.17, 15) is 0 Å². The van der Waals surface area contributed by atoms with Gasteiger partial charge in [-0.05, 0) is 50.4 Å². The molecule has 0 unspecified atom stereocenters. The lowest BCUT2D eigenvalue weighted by molar-refractivity contribution is 0.183. The van der Waals surface area contributed by atoms with E-state index in [1.165, 1.54) is 5.56 Å². The lowest BCUT2D eigenvalue weighted by Crippen LogP contribution is -2.05. The maximum atomic E-state index is 5.76. The van der Waals surface area contributed by atoms with Crippen LogP contribution in [-0.4, -0.2) is 33.5 Å². The number of unbranched alkanes of at least 4 members (excludes halogenated alkanes) is 1. The predicted octanol–water partition coefficient (Wildman–Crippen LogP) is 2.39. The lowest BCUT2D eigenvalue weighted by Gasteiger charge is -2.13. The molecule has 0 saturated heterocycles. The third kappa shape index (κ3) is 5.94. The van der Waals surface area contributed by atoms with Crippen LogP contribution in [0.4, 0.5) is 0 Å². The summed E-state index contributed by atoms with van der Waals surface area (Å²) in [6.07, 6.45) is 2.84. The van der Waals surface area contributed by atoms with Gasteiger partial charge in [0.15, 0.2) is 11.5 Å². The molecule has 0 aliphatic heterocycles. The molecule has 0 aliphatic carbocycles. The minimum Gasteiger partial charge on any atom is -0.490 e. The molecule has 1 aromatic rings. The maximum Gasteiger partial charge on any atom is 0.161 e. The molecule has 4 heteroatoms. The van der Waals surface area contributed by atoms with Crippen molar-refractivity contribution in [2.24, 2.45) is 5.73 Å². The van der Waals surface area contributed by atoms with Gasteiger partial charge in [-0.25, -0.2) is 0 Å². The summed E-state index contributed by atoms with van der Waals surface area (Å²) in [5.41, 5.74) is 6.74. The van der Waals surface area contributed by atoms with Crippen LogP contribution in [0.2, 0.25) is 0 Å². The first-order valence-corrected chi connectivity index (χ1v) is 6.89. The normalized spacial score (nSPS) is 10.5. The summed E-state index contributed by atoms with van der Waals surface area (Å²) in [6, 6.07) is 6.02. The van der Waals surface area contributed by atoms with Gasteiger partial charge in [0, 0.05) is 13.7 Å². The fraction of sp³-hybridized carbons (Fsp3) is 0.600. The Kier molecular flexibility index (Phi) is 8.02. The third-order valence-corrected chi connectivity index (χ3v) is 2.74. The molecule has 19 heavy (non-hydrogen) atoms. The number of rotatable bonds is 10. The molecule has 0 atom stereocenters. The Labute approximate surface area is 115 Å². The molecule has 4 nitrogen and oxygen atoms in total. The molecule has 0 spiro atoms. The van der Waals surface area contributed by atoms with E-state index < -0.39 is 0 Å². The minimum atomic E-state index is 0.631. The van der Waals surface area contributed by atoms with Gasteiger partial charge < -0.3 is 19.9 Å². The summed E-state index contributed by atoms with van der Waals surface area (Å²) in [7, 11) is 1.71. The van der Waals surface area contributed by atoms with Gasteiger partial charge in [0.25, 0.3) is 0 Å². The standard InChI is InChI=1S/C15H25NO3/c1-3-18-15-12-13(8-9-16)6-7-14(15)19-11-5-4-10-17-2/h6-7,12H,3-5,8-11,16H2,1-2H3. The summed E-state index contributed by atoms with van der Waals surface area (Å²) in [5.74, 6) is 1.61. The molecule has 0 saturated carbocycles. The molecular weight excluding hydrogens is 242 g/mol. The van der Waals surface area contributed by atoms with E-state index in [2.05, 4.69) is 0 Å². The molecule has 108 valence electrons. The van der Waals surface area contributed by atoms with Crippen LogP contribution in [-0.2, 0) is 11.2 Å². The minimum absolute atomic E-state index is 0.631. The van der Waals surface area contributed by atoms with E-state index in [1.807, 2.05) is 25.1 Å². The Morgan fingerprint density at radius 3 is 2.53 bits per heavy atom. The van der Waals surface area contributed by atoms with Gasteiger partial charge >= 0.3 is 0 Å². The summed E-state index contributed by atoms with van der Waals surface area (Å²) in [4.78, 5) is 0. The highest BCUT2D eigenvalue weighted by Gasteiger charge is 2.06. The first kappa shape index (κ1) is 15.8. The van der Waals surface area contributed by atoms with Gasteiger partial charge in [-0.1, -0.05) is 6.07 Å². The fourth-order valence-electron chi connectivity index (χ4n) is 1.79. The third-order valence-electron chi connectivity index (χ3n) is 2.74. The molecule has 0 amide bonds. The Bertz CT molecular complexity index is 355. The number of ether oxygens (including phenoxy) is 3. The zero-order chi connectivity index (χ0) is 13.9. The highest BCUT2D eigenvalue weighted by molar-refractivity contribution is 5.43. The predicted molar refractivity (Wildman–Crippen MR) is 77.0 cm³/mol. The van der Waals surface area contributed by atoms with Crippen LogP contribution >= 0.6 is 0 Å². The molecule has 1 aromatic carbocycles. The van der Waals surface area contributed by atoms with Crippen LogP contribution in [0.15, 0.2) is 18.2 Å². The van der Waals surface area contributed by atoms with Crippen LogP contribution in [0.25, 0.3) is 0 Å². The number of hydrogen-bond acceptors (Lipinski definition) is 4. The molecular formula is C15H25NO3. The Morgan fingerprint density at radius 2 is 1.84 bits per heavy atom. The lowest BCUT2D eigenvalue weighted by atomic mass is 10.1. The largest absolute Gasteiger partial charge is 0.490 e. The van der Waals surface area contributed by atoms with Crippen molar-refractivity contribution >= 4 is 0 Å². The molecule has 0 bridgehead atoms. The molecule has 0 aliphatic rings. The highest BCUT2D eigenvalue weighted by Crippen LogP contribution is 2.28. The van der Waals surface area contributed by atoms with Gasteiger partial charge in [-0.3, -0.25) is 0 Å². The summed E-state index contributed by atoms with van der Waals surface area (Å²) >= 11 is 0. The van der Waals surface area contributed by atoms with Crippen LogP contribution in [0.3, 0.4) is 0 Å². The molecule has 0 aromatic heterocycles. The van der Waals surface area contributed by atoms with Crippen LogP contribution < -0.4 is 15.2 Å². The number of nitrogens with two attached hydrogens (primary N) is 1. The average molecular weight is 267 g/mol. The molecule has 0 heterocycles. The quantitative estimate of drug-likeness (QED) is 0.661. The smallest absolute Gasteiger partial charge is 0.161 e. The maximum absolute atomic E-state index is 5.76.